The quantitative estimate of drug-likeness (QED) is 0.508. The van der Waals surface area contributed by atoms with Gasteiger partial charge in [-0.2, -0.15) is 0 Å². The Labute approximate surface area is 187 Å². The number of carbonyl (C=O) groups excluding carboxylic acids is 2. The molecule has 0 spiro atoms. The molecule has 5 heteroatoms. The summed E-state index contributed by atoms with van der Waals surface area (Å²) in [5.41, 5.74) is 0.909. The monoisotopic (exact) mass is 438 g/mol. The average Bonchev–Trinajstić information content (AvgIpc) is 2.76. The van der Waals surface area contributed by atoms with Gasteiger partial charge in [0.1, 0.15) is 17.9 Å². The smallest absolute Gasteiger partial charge is 0.342 e. The van der Waals surface area contributed by atoms with Gasteiger partial charge in [-0.3, -0.25) is 4.79 Å². The van der Waals surface area contributed by atoms with Crippen molar-refractivity contribution in [3.63, 3.8) is 0 Å². The minimum atomic E-state index is -0.521. The van der Waals surface area contributed by atoms with Crippen LogP contribution < -0.4 is 4.74 Å². The van der Waals surface area contributed by atoms with Crippen LogP contribution in [0.1, 0.15) is 54.4 Å². The largest absolute Gasteiger partial charge is 0.488 e. The van der Waals surface area contributed by atoms with Crippen molar-refractivity contribution in [2.45, 2.75) is 45.1 Å². The van der Waals surface area contributed by atoms with Crippen molar-refractivity contribution in [2.75, 3.05) is 6.61 Å². The molecular weight excluding hydrogens is 412 g/mol. The number of carbonyl (C=O) groups is 2. The molecule has 0 heterocycles. The van der Waals surface area contributed by atoms with Crippen LogP contribution in [0.5, 0.6) is 5.75 Å². The van der Waals surface area contributed by atoms with E-state index in [1.54, 1.807) is 30.3 Å². The molecule has 0 saturated heterocycles. The number of hydrogen-bond acceptors (Lipinski definition) is 4. The predicted octanol–water partition coefficient (Wildman–Crippen LogP) is 5.86. The Bertz CT molecular complexity index is 963. The van der Waals surface area contributed by atoms with Crippen molar-refractivity contribution in [1.29, 1.82) is 0 Å². The van der Waals surface area contributed by atoms with Crippen LogP contribution in [0, 0.1) is 23.2 Å². The lowest BCUT2D eigenvalue weighted by Gasteiger charge is -2.55. The first-order valence-corrected chi connectivity index (χ1v) is 11.6. The number of Topliss-reactive ketones (excluding diaryl/α,β-unsaturated/α-hetero) is 1. The molecular formula is C26H27ClO4. The van der Waals surface area contributed by atoms with Crippen molar-refractivity contribution < 1.29 is 19.1 Å². The summed E-state index contributed by atoms with van der Waals surface area (Å²) >= 11 is 6.20. The summed E-state index contributed by atoms with van der Waals surface area (Å²) < 4.78 is 11.4. The second-order valence-corrected chi connectivity index (χ2v) is 9.98. The van der Waals surface area contributed by atoms with Crippen molar-refractivity contribution in [3.8, 4) is 5.75 Å². The molecule has 4 saturated carbocycles. The topological polar surface area (TPSA) is 52.6 Å². The highest BCUT2D eigenvalue weighted by Crippen LogP contribution is 2.60. The van der Waals surface area contributed by atoms with E-state index in [1.807, 2.05) is 18.2 Å². The zero-order valence-corrected chi connectivity index (χ0v) is 18.3. The molecule has 0 unspecified atom stereocenters. The van der Waals surface area contributed by atoms with Crippen LogP contribution in [-0.4, -0.2) is 18.4 Å². The Morgan fingerprint density at radius 3 is 2.19 bits per heavy atom. The SMILES string of the molecule is O=C(OCC(=O)C12CC3CC(CC(C3)C1)C2)c1ccccc1OCc1ccccc1Cl. The Morgan fingerprint density at radius 2 is 1.52 bits per heavy atom. The van der Waals surface area contributed by atoms with Gasteiger partial charge in [0.25, 0.3) is 0 Å². The van der Waals surface area contributed by atoms with Gasteiger partial charge in [-0.15, -0.1) is 0 Å². The highest BCUT2D eigenvalue weighted by atomic mass is 35.5. The molecule has 4 fully saturated rings. The Morgan fingerprint density at radius 1 is 0.903 bits per heavy atom. The zero-order valence-electron chi connectivity index (χ0n) is 17.5. The number of rotatable bonds is 7. The fraction of sp³-hybridized carbons (Fsp3) is 0.462. The van der Waals surface area contributed by atoms with Crippen molar-refractivity contribution in [1.82, 2.24) is 0 Å². The first kappa shape index (κ1) is 20.6. The van der Waals surface area contributed by atoms with E-state index in [2.05, 4.69) is 0 Å². The molecule has 31 heavy (non-hydrogen) atoms. The van der Waals surface area contributed by atoms with Crippen LogP contribution >= 0.6 is 11.6 Å². The van der Waals surface area contributed by atoms with Crippen molar-refractivity contribution in [3.05, 3.63) is 64.7 Å². The van der Waals surface area contributed by atoms with Gasteiger partial charge in [0.2, 0.25) is 0 Å². The van der Waals surface area contributed by atoms with Crippen LogP contribution in [0.2, 0.25) is 5.02 Å². The molecule has 6 rings (SSSR count). The number of para-hydroxylation sites is 1. The first-order chi connectivity index (χ1) is 15.0. The van der Waals surface area contributed by atoms with Gasteiger partial charge in [-0.25, -0.2) is 4.79 Å². The molecule has 4 bridgehead atoms. The molecule has 2 aromatic rings. The van der Waals surface area contributed by atoms with E-state index in [9.17, 15) is 9.59 Å². The highest BCUT2D eigenvalue weighted by molar-refractivity contribution is 6.31. The molecule has 0 amide bonds. The number of hydrogen-bond donors (Lipinski definition) is 0. The van der Waals surface area contributed by atoms with Gasteiger partial charge in [-0.05, 0) is 74.5 Å². The molecule has 162 valence electrons. The van der Waals surface area contributed by atoms with E-state index in [1.165, 1.54) is 19.3 Å². The molecule has 0 aromatic heterocycles. The Kier molecular flexibility index (Phi) is 5.51. The molecule has 4 nitrogen and oxygen atoms in total. The number of esters is 1. The maximum atomic E-state index is 13.1. The number of benzene rings is 2. The minimum Gasteiger partial charge on any atom is -0.488 e. The molecule has 4 aliphatic rings. The van der Waals surface area contributed by atoms with E-state index < -0.39 is 5.97 Å². The van der Waals surface area contributed by atoms with E-state index in [0.717, 1.165) is 24.8 Å². The molecule has 0 radical (unpaired) electrons. The van der Waals surface area contributed by atoms with Gasteiger partial charge in [-0.1, -0.05) is 41.9 Å². The number of ketones is 1. The minimum absolute atomic E-state index is 0.106. The van der Waals surface area contributed by atoms with E-state index in [0.29, 0.717) is 34.1 Å². The summed E-state index contributed by atoms with van der Waals surface area (Å²) in [7, 11) is 0. The summed E-state index contributed by atoms with van der Waals surface area (Å²) in [5.74, 6) is 2.07. The van der Waals surface area contributed by atoms with Crippen LogP contribution in [0.4, 0.5) is 0 Å². The predicted molar refractivity (Wildman–Crippen MR) is 118 cm³/mol. The molecule has 0 atom stereocenters. The fourth-order valence-electron chi connectivity index (χ4n) is 6.35. The van der Waals surface area contributed by atoms with E-state index in [-0.39, 0.29) is 24.4 Å². The van der Waals surface area contributed by atoms with Crippen LogP contribution in [0.25, 0.3) is 0 Å². The summed E-state index contributed by atoms with van der Waals surface area (Å²) in [6.07, 6.45) is 6.78. The third kappa shape index (κ3) is 4.10. The standard InChI is InChI=1S/C26H27ClO4/c27-22-7-3-1-5-20(22)15-30-23-8-4-2-6-21(23)25(29)31-16-24(28)26-12-17-9-18(13-26)11-19(10-17)14-26/h1-8,17-19H,9-16H2. The zero-order chi connectivity index (χ0) is 21.4. The summed E-state index contributed by atoms with van der Waals surface area (Å²) in [4.78, 5) is 25.9. The van der Waals surface area contributed by atoms with E-state index >= 15 is 0 Å². The van der Waals surface area contributed by atoms with Crippen molar-refractivity contribution >= 4 is 23.4 Å². The molecule has 4 aliphatic carbocycles. The van der Waals surface area contributed by atoms with Crippen LogP contribution in [0.15, 0.2) is 48.5 Å². The summed E-state index contributed by atoms with van der Waals surface area (Å²) in [5, 5.41) is 0.615. The average molecular weight is 439 g/mol. The molecule has 0 N–H and O–H groups in total. The lowest BCUT2D eigenvalue weighted by atomic mass is 9.48. The van der Waals surface area contributed by atoms with Crippen LogP contribution in [0.3, 0.4) is 0 Å². The molecule has 0 aliphatic heterocycles. The maximum Gasteiger partial charge on any atom is 0.342 e. The number of ether oxygens (including phenoxy) is 2. The lowest BCUT2D eigenvalue weighted by molar-refractivity contribution is -0.147. The maximum absolute atomic E-state index is 13.1. The third-order valence-electron chi connectivity index (χ3n) is 7.41. The second-order valence-electron chi connectivity index (χ2n) is 9.57. The molecule has 2 aromatic carbocycles. The Hall–Kier alpha value is -2.33. The third-order valence-corrected chi connectivity index (χ3v) is 7.78. The summed E-state index contributed by atoms with van der Waals surface area (Å²) in [6, 6.07) is 14.4. The van der Waals surface area contributed by atoms with Gasteiger partial charge in [0.05, 0.1) is 0 Å². The van der Waals surface area contributed by atoms with Crippen LogP contribution in [-0.2, 0) is 16.1 Å². The summed E-state index contributed by atoms with van der Waals surface area (Å²) in [6.45, 7) is 0.0972. The van der Waals surface area contributed by atoms with Gasteiger partial charge in [0, 0.05) is 16.0 Å². The first-order valence-electron chi connectivity index (χ1n) is 11.2. The highest BCUT2D eigenvalue weighted by Gasteiger charge is 2.54. The number of halogens is 1. The second kappa shape index (κ2) is 8.31. The van der Waals surface area contributed by atoms with Gasteiger partial charge < -0.3 is 9.47 Å². The van der Waals surface area contributed by atoms with Gasteiger partial charge in [0.15, 0.2) is 12.4 Å². The fourth-order valence-corrected chi connectivity index (χ4v) is 6.54. The van der Waals surface area contributed by atoms with Crippen molar-refractivity contribution in [2.24, 2.45) is 23.2 Å². The van der Waals surface area contributed by atoms with Gasteiger partial charge >= 0.3 is 5.97 Å². The Balaban J connectivity index is 1.23. The van der Waals surface area contributed by atoms with E-state index in [4.69, 9.17) is 21.1 Å². The normalized spacial score (nSPS) is 28.4. The lowest BCUT2D eigenvalue weighted by Crippen LogP contribution is -2.51.